The molecule has 428 valence electrons. The number of halogens is 3. The van der Waals surface area contributed by atoms with E-state index in [4.69, 9.17) is 57.5 Å². The zero-order valence-corrected chi connectivity index (χ0v) is 47.8. The van der Waals surface area contributed by atoms with Gasteiger partial charge in [0.15, 0.2) is 34.2 Å². The molecule has 21 heteroatoms. The molecule has 0 spiro atoms. The minimum absolute atomic E-state index is 0.0423. The quantitative estimate of drug-likeness (QED) is 0.0844. The summed E-state index contributed by atoms with van der Waals surface area (Å²) in [6.45, 7) is 2.77. The minimum Gasteiger partial charge on any atom is -0.450 e. The fourth-order valence-electron chi connectivity index (χ4n) is 12.5. The van der Waals surface area contributed by atoms with Crippen LogP contribution in [0, 0.1) is 6.92 Å². The highest BCUT2D eigenvalue weighted by molar-refractivity contribution is 6.32. The molecule has 0 radical (unpaired) electrons. The Morgan fingerprint density at radius 3 is 1.40 bits per heavy atom. The van der Waals surface area contributed by atoms with E-state index in [0.29, 0.717) is 168 Å². The van der Waals surface area contributed by atoms with E-state index in [0.717, 1.165) is 16.7 Å². The summed E-state index contributed by atoms with van der Waals surface area (Å²) in [6.07, 6.45) is 3.13. The van der Waals surface area contributed by atoms with Crippen molar-refractivity contribution in [2.45, 2.75) is 88.3 Å². The van der Waals surface area contributed by atoms with Crippen LogP contribution in [0.5, 0.6) is 0 Å². The van der Waals surface area contributed by atoms with E-state index >= 15 is 0 Å². The Balaban J connectivity index is 0.675. The van der Waals surface area contributed by atoms with Crippen LogP contribution in [0.2, 0.25) is 15.1 Å². The van der Waals surface area contributed by atoms with Crippen molar-refractivity contribution in [3.8, 4) is 17.1 Å². The molecular formula is C64H52Cl3N9O9. The normalized spacial score (nSPS) is 19.9. The second kappa shape index (κ2) is 21.2. The second-order valence-electron chi connectivity index (χ2n) is 22.4. The number of aliphatic hydroxyl groups excluding tert-OH is 1. The van der Waals surface area contributed by atoms with Crippen molar-refractivity contribution in [2.75, 3.05) is 29.2 Å². The Morgan fingerprint density at radius 2 is 0.929 bits per heavy atom. The largest absolute Gasteiger partial charge is 0.450 e. The van der Waals surface area contributed by atoms with Crippen molar-refractivity contribution in [3.05, 3.63) is 191 Å². The lowest BCUT2D eigenvalue weighted by atomic mass is 9.89. The third-order valence-corrected chi connectivity index (χ3v) is 17.2. The molecule has 4 atom stereocenters. The highest BCUT2D eigenvalue weighted by Gasteiger charge is 2.32. The van der Waals surface area contributed by atoms with Crippen LogP contribution in [0.25, 0.3) is 83.3 Å². The van der Waals surface area contributed by atoms with E-state index in [1.54, 1.807) is 68.3 Å². The fourth-order valence-corrected chi connectivity index (χ4v) is 13.0. The molecule has 18 nitrogen and oxygen atoms in total. The van der Waals surface area contributed by atoms with Crippen LogP contribution in [0.3, 0.4) is 0 Å². The first kappa shape index (κ1) is 53.3. The Bertz CT molecular complexity index is 4870. The molecule has 1 saturated carbocycles. The first-order valence-electron chi connectivity index (χ1n) is 28.2. The number of nitrogens with zero attached hydrogens (tertiary/aromatic N) is 6. The summed E-state index contributed by atoms with van der Waals surface area (Å²) in [7, 11) is 0. The van der Waals surface area contributed by atoms with Gasteiger partial charge in [-0.05, 0) is 160 Å². The van der Waals surface area contributed by atoms with Gasteiger partial charge in [0, 0.05) is 49.9 Å². The summed E-state index contributed by atoms with van der Waals surface area (Å²) in [6, 6.07) is 38.7. The lowest BCUT2D eigenvalue weighted by molar-refractivity contribution is 0.0117. The number of ether oxygens (including phenoxy) is 2. The third-order valence-electron chi connectivity index (χ3n) is 16.5. The van der Waals surface area contributed by atoms with Crippen molar-refractivity contribution >= 4 is 118 Å². The number of furan rings is 3. The van der Waals surface area contributed by atoms with Crippen LogP contribution in [-0.4, -0.2) is 83.4 Å². The van der Waals surface area contributed by atoms with Crippen molar-refractivity contribution in [1.82, 2.24) is 28.7 Å². The Labute approximate surface area is 497 Å². The summed E-state index contributed by atoms with van der Waals surface area (Å²) in [4.78, 5) is 56.3. The fraction of sp³-hybridized carbons (Fsp3) is 0.250. The molecule has 3 aliphatic rings. The molecule has 15 rings (SSSR count). The molecule has 85 heavy (non-hydrogen) atoms. The average Bonchev–Trinajstić information content (AvgIpc) is 1.87. The summed E-state index contributed by atoms with van der Waals surface area (Å²) < 4.78 is 36.8. The molecule has 8 heterocycles. The van der Waals surface area contributed by atoms with Crippen LogP contribution in [0.15, 0.2) is 155 Å². The maximum atomic E-state index is 14.6. The van der Waals surface area contributed by atoms with Crippen molar-refractivity contribution < 1.29 is 27.8 Å². The van der Waals surface area contributed by atoms with Crippen molar-refractivity contribution in [1.29, 1.82) is 0 Å². The molecule has 3 fully saturated rings. The van der Waals surface area contributed by atoms with Gasteiger partial charge in [0.25, 0.3) is 0 Å². The maximum absolute atomic E-state index is 14.6. The van der Waals surface area contributed by atoms with E-state index in [-0.39, 0.29) is 36.2 Å². The third kappa shape index (κ3) is 9.85. The van der Waals surface area contributed by atoms with Gasteiger partial charge in [0.05, 0.1) is 48.0 Å². The number of rotatable bonds is 13. The molecule has 4 N–H and O–H groups in total. The van der Waals surface area contributed by atoms with Gasteiger partial charge in [-0.3, -0.25) is 13.7 Å². The van der Waals surface area contributed by atoms with Gasteiger partial charge >= 0.3 is 17.1 Å². The van der Waals surface area contributed by atoms with Crippen LogP contribution < -0.4 is 33.0 Å². The highest BCUT2D eigenvalue weighted by Crippen LogP contribution is 2.40. The van der Waals surface area contributed by atoms with E-state index in [2.05, 4.69) is 30.9 Å². The second-order valence-corrected chi connectivity index (χ2v) is 23.7. The molecule has 0 bridgehead atoms. The number of aromatic nitrogens is 6. The van der Waals surface area contributed by atoms with E-state index in [1.807, 2.05) is 79.7 Å². The van der Waals surface area contributed by atoms with Crippen molar-refractivity contribution in [2.24, 2.45) is 0 Å². The summed E-state index contributed by atoms with van der Waals surface area (Å²) in [5.41, 5.74) is 7.76. The maximum Gasteiger partial charge on any atom is 0.354 e. The molecule has 2 aliphatic heterocycles. The predicted octanol–water partition coefficient (Wildman–Crippen LogP) is 12.2. The zero-order valence-electron chi connectivity index (χ0n) is 45.5. The van der Waals surface area contributed by atoms with E-state index in [1.165, 1.54) is 0 Å². The number of nitrogens with one attached hydrogen (secondary N) is 3. The van der Waals surface area contributed by atoms with Crippen LogP contribution in [0.1, 0.15) is 48.8 Å². The summed E-state index contributed by atoms with van der Waals surface area (Å²) in [5, 5.41) is 23.8. The lowest BCUT2D eigenvalue weighted by Gasteiger charge is -2.32. The molecule has 1 aliphatic carbocycles. The van der Waals surface area contributed by atoms with Gasteiger partial charge < -0.3 is 43.8 Å². The van der Waals surface area contributed by atoms with Gasteiger partial charge in [-0.2, -0.15) is 15.0 Å². The number of hydrogen-bond acceptors (Lipinski definition) is 15. The van der Waals surface area contributed by atoms with Crippen LogP contribution in [0.4, 0.5) is 17.5 Å². The molecule has 12 aromatic rings. The average molecular weight is 1200 g/mol. The monoisotopic (exact) mass is 1200 g/mol. The van der Waals surface area contributed by atoms with E-state index in [9.17, 15) is 19.5 Å². The number of anilines is 3. The van der Waals surface area contributed by atoms with Gasteiger partial charge in [-0.25, -0.2) is 14.4 Å². The molecule has 4 unspecified atom stereocenters. The SMILES string of the molecule is Cc1cccc(-n2c(=O)nc(NC3CCOC(Cc4cccc(-n5c(=O)nc(NC6COC(Cc7cccc(-n8c(=O)nc(N[C@H]9C[C@H](O)C9)c9oc%10ccc(Cl)cc%10c98)c7)C6)c6oc7ccc(Cl)cc7c65)c4)C3)c3oc4ccc(Cl)cc4c32)c1. The topological polar surface area (TPSA) is 219 Å². The molecular weight excluding hydrogens is 1150 g/mol. The van der Waals surface area contributed by atoms with Gasteiger partial charge in [-0.1, -0.05) is 71.2 Å². The number of aliphatic hydroxyl groups is 1. The number of fused-ring (bicyclic) bond motifs is 9. The standard InChI is InChI=1S/C64H52Cl3N9O9/c1-32-5-2-8-41(19-32)74-53-47-24-35(65)11-14-50(47)83-56(53)59(71-62(74)78)68-38-17-18-81-45(29-38)22-33-6-3-9-42(20-33)76-55-49-26-37(67)13-16-52(49)85-58(55)61(73-64(76)80)70-40-30-46(82-31-40)23-34-7-4-10-43(21-34)75-54-48-25-36(66)12-15-51(48)84-57(54)60(72-63(75)79)69-39-27-44(77)28-39/h2-16,19-21,24-26,38-40,44-46,77H,17-18,22-23,27-31H2,1H3,(H,68,71,78)(H,69,72,79)(H,70,73,80)/t38?,39-,40?,44-,45?,46?. The molecule has 0 amide bonds. The first-order valence-corrected chi connectivity index (χ1v) is 29.3. The van der Waals surface area contributed by atoms with Crippen LogP contribution in [-0.2, 0) is 22.3 Å². The number of aryl methyl sites for hydroxylation is 1. The predicted molar refractivity (Wildman–Crippen MR) is 329 cm³/mol. The van der Waals surface area contributed by atoms with Gasteiger partial charge in [0.2, 0.25) is 0 Å². The lowest BCUT2D eigenvalue weighted by Crippen LogP contribution is -2.39. The van der Waals surface area contributed by atoms with Crippen molar-refractivity contribution in [3.63, 3.8) is 0 Å². The minimum atomic E-state index is -0.520. The molecule has 2 saturated heterocycles. The molecule has 6 aromatic heterocycles. The number of benzene rings is 6. The van der Waals surface area contributed by atoms with Gasteiger partial charge in [-0.15, -0.1) is 0 Å². The zero-order chi connectivity index (χ0) is 57.8. The summed E-state index contributed by atoms with van der Waals surface area (Å²) >= 11 is 19.6. The van der Waals surface area contributed by atoms with E-state index < -0.39 is 23.2 Å². The Kier molecular flexibility index (Phi) is 13.3. The van der Waals surface area contributed by atoms with Crippen LogP contribution >= 0.6 is 34.8 Å². The Hall–Kier alpha value is -8.49. The summed E-state index contributed by atoms with van der Waals surface area (Å²) in [5.74, 6) is 0.951. The Morgan fingerprint density at radius 1 is 0.506 bits per heavy atom. The highest BCUT2D eigenvalue weighted by atomic mass is 35.5. The molecule has 6 aromatic carbocycles. The van der Waals surface area contributed by atoms with Gasteiger partial charge in [0.1, 0.15) is 33.3 Å². The first-order chi connectivity index (χ1) is 41.3. The smallest absolute Gasteiger partial charge is 0.354 e. The number of hydrogen-bond donors (Lipinski definition) is 4.